The van der Waals surface area contributed by atoms with Crippen molar-refractivity contribution in [2.45, 2.75) is 32.0 Å². The molecule has 34 heavy (non-hydrogen) atoms. The minimum atomic E-state index is -4.78. The Labute approximate surface area is 192 Å². The zero-order valence-corrected chi connectivity index (χ0v) is 18.1. The van der Waals surface area contributed by atoms with E-state index in [1.807, 2.05) is 24.3 Å². The standard InChI is InChI=1S/C23H22F4N6O/c24-16-4-3-10-29-17(16)7-8-20(34)15-14-33(32-22(15)23(25,26)27)13-12-28-11-9-21-30-18-5-1-2-6-19(18)31-21/h1-6,10,14,28H,7-9,11-13H2,(H,30,31). The highest BCUT2D eigenvalue weighted by atomic mass is 19.4. The molecule has 178 valence electrons. The first-order valence-electron chi connectivity index (χ1n) is 10.7. The van der Waals surface area contributed by atoms with Crippen molar-refractivity contribution in [3.8, 4) is 0 Å². The molecule has 1 aromatic carbocycles. The van der Waals surface area contributed by atoms with Gasteiger partial charge in [-0.3, -0.25) is 14.5 Å². The van der Waals surface area contributed by atoms with Crippen molar-refractivity contribution in [1.82, 2.24) is 30.0 Å². The van der Waals surface area contributed by atoms with Crippen LogP contribution in [0.4, 0.5) is 17.6 Å². The van der Waals surface area contributed by atoms with Gasteiger partial charge in [0.25, 0.3) is 0 Å². The number of para-hydroxylation sites is 2. The zero-order chi connectivity index (χ0) is 24.1. The summed E-state index contributed by atoms with van der Waals surface area (Å²) in [6, 6.07) is 10.2. The smallest absolute Gasteiger partial charge is 0.342 e. The summed E-state index contributed by atoms with van der Waals surface area (Å²) in [7, 11) is 0. The molecule has 0 atom stereocenters. The number of aromatic amines is 1. The van der Waals surface area contributed by atoms with Gasteiger partial charge in [-0.25, -0.2) is 9.37 Å². The molecule has 0 aliphatic heterocycles. The second kappa shape index (κ2) is 10.1. The molecule has 4 rings (SSSR count). The molecule has 0 unspecified atom stereocenters. The number of fused-ring (bicyclic) bond motifs is 1. The number of H-pyrrole nitrogens is 1. The maximum absolute atomic E-state index is 13.7. The fraction of sp³-hybridized carbons (Fsp3) is 0.304. The quantitative estimate of drug-likeness (QED) is 0.206. The highest BCUT2D eigenvalue weighted by molar-refractivity contribution is 5.97. The second-order valence-corrected chi connectivity index (χ2v) is 7.71. The first kappa shape index (κ1) is 23.6. The molecular weight excluding hydrogens is 452 g/mol. The van der Waals surface area contributed by atoms with E-state index >= 15 is 0 Å². The second-order valence-electron chi connectivity index (χ2n) is 7.71. The Morgan fingerprint density at radius 3 is 2.68 bits per heavy atom. The van der Waals surface area contributed by atoms with Crippen LogP contribution in [0.3, 0.4) is 0 Å². The number of ketones is 1. The number of aromatic nitrogens is 5. The van der Waals surface area contributed by atoms with Crippen molar-refractivity contribution in [2.24, 2.45) is 0 Å². The normalized spacial score (nSPS) is 11.9. The van der Waals surface area contributed by atoms with Crippen molar-refractivity contribution in [3.05, 3.63) is 77.4 Å². The summed E-state index contributed by atoms with van der Waals surface area (Å²) < 4.78 is 55.1. The SMILES string of the molecule is O=C(CCc1ncccc1F)c1cn(CCNCCc2nc3ccccc3[nH]2)nc1C(F)(F)F. The number of aryl methyl sites for hydroxylation is 1. The number of imidazole rings is 1. The summed E-state index contributed by atoms with van der Waals surface area (Å²) in [6.07, 6.45) is -2.10. The molecule has 0 bridgehead atoms. The lowest BCUT2D eigenvalue weighted by Gasteiger charge is -2.06. The Bertz CT molecular complexity index is 1250. The van der Waals surface area contributed by atoms with E-state index in [4.69, 9.17) is 0 Å². The summed E-state index contributed by atoms with van der Waals surface area (Å²) in [5.41, 5.74) is 0.0891. The molecule has 11 heteroatoms. The molecule has 0 fully saturated rings. The number of halogens is 4. The third kappa shape index (κ3) is 5.66. The first-order chi connectivity index (χ1) is 16.3. The molecule has 0 saturated heterocycles. The van der Waals surface area contributed by atoms with E-state index in [0.29, 0.717) is 19.5 Å². The largest absolute Gasteiger partial charge is 0.435 e. The number of Topliss-reactive ketones (excluding diaryl/α,β-unsaturated/α-hetero) is 1. The maximum atomic E-state index is 13.7. The monoisotopic (exact) mass is 474 g/mol. The molecule has 7 nitrogen and oxygen atoms in total. The van der Waals surface area contributed by atoms with E-state index in [9.17, 15) is 22.4 Å². The maximum Gasteiger partial charge on any atom is 0.435 e. The van der Waals surface area contributed by atoms with Gasteiger partial charge in [0.2, 0.25) is 0 Å². The predicted octanol–water partition coefficient (Wildman–Crippen LogP) is 3.96. The lowest BCUT2D eigenvalue weighted by Crippen LogP contribution is -2.23. The van der Waals surface area contributed by atoms with Crippen LogP contribution in [-0.4, -0.2) is 43.6 Å². The average Bonchev–Trinajstić information content (AvgIpc) is 3.42. The van der Waals surface area contributed by atoms with Crippen LogP contribution in [0.5, 0.6) is 0 Å². The molecule has 3 heterocycles. The summed E-state index contributed by atoms with van der Waals surface area (Å²) >= 11 is 0. The molecule has 3 aromatic heterocycles. The van der Waals surface area contributed by atoms with Gasteiger partial charge >= 0.3 is 6.18 Å². The molecule has 0 spiro atoms. The summed E-state index contributed by atoms with van der Waals surface area (Å²) in [5.74, 6) is -0.554. The van der Waals surface area contributed by atoms with E-state index in [-0.39, 0.29) is 25.1 Å². The number of carbonyl (C=O) groups excluding carboxylic acids is 1. The number of pyridine rings is 1. The average molecular weight is 474 g/mol. The first-order valence-corrected chi connectivity index (χ1v) is 10.7. The Kier molecular flexibility index (Phi) is 7.01. The van der Waals surface area contributed by atoms with Gasteiger partial charge < -0.3 is 10.3 Å². The number of nitrogens with zero attached hydrogens (tertiary/aromatic N) is 4. The predicted molar refractivity (Wildman–Crippen MR) is 117 cm³/mol. The highest BCUT2D eigenvalue weighted by Crippen LogP contribution is 2.31. The topological polar surface area (TPSA) is 88.5 Å². The van der Waals surface area contributed by atoms with E-state index in [1.54, 1.807) is 0 Å². The van der Waals surface area contributed by atoms with Crippen molar-refractivity contribution < 1.29 is 22.4 Å². The molecule has 0 saturated carbocycles. The van der Waals surface area contributed by atoms with E-state index in [2.05, 4.69) is 25.4 Å². The van der Waals surface area contributed by atoms with E-state index in [0.717, 1.165) is 27.7 Å². The van der Waals surface area contributed by atoms with Crippen molar-refractivity contribution >= 4 is 16.8 Å². The van der Waals surface area contributed by atoms with Crippen LogP contribution in [0, 0.1) is 5.82 Å². The van der Waals surface area contributed by atoms with Crippen LogP contribution in [0.25, 0.3) is 11.0 Å². The number of benzene rings is 1. The molecule has 0 radical (unpaired) electrons. The van der Waals surface area contributed by atoms with Crippen LogP contribution >= 0.6 is 0 Å². The van der Waals surface area contributed by atoms with Crippen LogP contribution in [0.15, 0.2) is 48.8 Å². The summed E-state index contributed by atoms with van der Waals surface area (Å²) in [6.45, 7) is 1.06. The Morgan fingerprint density at radius 2 is 1.91 bits per heavy atom. The highest BCUT2D eigenvalue weighted by Gasteiger charge is 2.39. The lowest BCUT2D eigenvalue weighted by molar-refractivity contribution is -0.141. The molecule has 0 aliphatic rings. The molecule has 0 amide bonds. The minimum Gasteiger partial charge on any atom is -0.342 e. The molecule has 0 aliphatic carbocycles. The van der Waals surface area contributed by atoms with Gasteiger partial charge in [-0.2, -0.15) is 18.3 Å². The number of nitrogens with one attached hydrogen (secondary N) is 2. The van der Waals surface area contributed by atoms with Crippen molar-refractivity contribution in [1.29, 1.82) is 0 Å². The Balaban J connectivity index is 1.32. The summed E-state index contributed by atoms with van der Waals surface area (Å²) in [4.78, 5) is 24.0. The molecule has 2 N–H and O–H groups in total. The number of hydrogen-bond donors (Lipinski definition) is 2. The number of rotatable bonds is 10. The molecular formula is C23H22F4N6O. The van der Waals surface area contributed by atoms with Crippen LogP contribution < -0.4 is 5.32 Å². The van der Waals surface area contributed by atoms with Gasteiger partial charge in [-0.05, 0) is 30.7 Å². The minimum absolute atomic E-state index is 0.0328. The zero-order valence-electron chi connectivity index (χ0n) is 18.1. The fourth-order valence-electron chi connectivity index (χ4n) is 3.57. The third-order valence-electron chi connectivity index (χ3n) is 5.25. The number of alkyl halides is 3. The van der Waals surface area contributed by atoms with Gasteiger partial charge in [-0.15, -0.1) is 0 Å². The Hall–Kier alpha value is -3.60. The Morgan fingerprint density at radius 1 is 1.09 bits per heavy atom. The van der Waals surface area contributed by atoms with Gasteiger partial charge in [0.1, 0.15) is 11.6 Å². The van der Waals surface area contributed by atoms with Crippen LogP contribution in [0.2, 0.25) is 0 Å². The third-order valence-corrected chi connectivity index (χ3v) is 5.25. The number of hydrogen-bond acceptors (Lipinski definition) is 5. The van der Waals surface area contributed by atoms with Gasteiger partial charge in [-0.1, -0.05) is 12.1 Å². The summed E-state index contributed by atoms with van der Waals surface area (Å²) in [5, 5.41) is 6.72. The van der Waals surface area contributed by atoms with Crippen LogP contribution in [-0.2, 0) is 25.6 Å². The van der Waals surface area contributed by atoms with Crippen LogP contribution in [0.1, 0.15) is 34.0 Å². The molecule has 4 aromatic rings. The van der Waals surface area contributed by atoms with E-state index < -0.39 is 29.0 Å². The number of carbonyl (C=O) groups is 1. The van der Waals surface area contributed by atoms with Crippen molar-refractivity contribution in [2.75, 3.05) is 13.1 Å². The van der Waals surface area contributed by atoms with Gasteiger partial charge in [0.15, 0.2) is 11.5 Å². The fourth-order valence-corrected chi connectivity index (χ4v) is 3.57. The van der Waals surface area contributed by atoms with Gasteiger partial charge in [0, 0.05) is 38.3 Å². The lowest BCUT2D eigenvalue weighted by atomic mass is 10.1. The van der Waals surface area contributed by atoms with E-state index in [1.165, 1.54) is 18.3 Å². The van der Waals surface area contributed by atoms with Gasteiger partial charge in [0.05, 0.1) is 28.8 Å². The van der Waals surface area contributed by atoms with Crippen molar-refractivity contribution in [3.63, 3.8) is 0 Å².